The topological polar surface area (TPSA) is 124 Å². The molecule has 0 atom stereocenters. The first kappa shape index (κ1) is 19.5. The summed E-state index contributed by atoms with van der Waals surface area (Å²) in [5.41, 5.74) is 8.84. The van der Waals surface area contributed by atoms with E-state index in [2.05, 4.69) is 35.5 Å². The fraction of sp³-hybridized carbons (Fsp3) is 0.167. The van der Waals surface area contributed by atoms with Gasteiger partial charge in [-0.15, -0.1) is 0 Å². The fourth-order valence-electron chi connectivity index (χ4n) is 2.33. The van der Waals surface area contributed by atoms with E-state index in [1.54, 1.807) is 36.7 Å². The zero-order valence-electron chi connectivity index (χ0n) is 15.3. The molecule has 0 aliphatic rings. The molecule has 3 aromatic rings. The Balaban J connectivity index is 1.80. The molecule has 28 heavy (non-hydrogen) atoms. The van der Waals surface area contributed by atoms with Crippen LogP contribution in [0.3, 0.4) is 0 Å². The highest BCUT2D eigenvalue weighted by molar-refractivity contribution is 7.68. The van der Waals surface area contributed by atoms with Crippen LogP contribution in [0, 0.1) is 0 Å². The Hall–Kier alpha value is -3.24. The van der Waals surface area contributed by atoms with Crippen LogP contribution in [0.25, 0.3) is 11.3 Å². The van der Waals surface area contributed by atoms with Gasteiger partial charge in [0.05, 0.1) is 11.4 Å². The highest BCUT2D eigenvalue weighted by Gasteiger charge is 2.08. The number of anilines is 3. The summed E-state index contributed by atoms with van der Waals surface area (Å²) in [6.07, 6.45) is 3.45. The van der Waals surface area contributed by atoms with Crippen LogP contribution in [0.5, 0.6) is 0 Å². The Bertz CT molecular complexity index is 1000. The van der Waals surface area contributed by atoms with Gasteiger partial charge in [-0.25, -0.2) is 4.98 Å². The van der Waals surface area contributed by atoms with Crippen LogP contribution in [0.4, 0.5) is 23.1 Å². The minimum atomic E-state index is -2.23. The Morgan fingerprint density at radius 3 is 2.54 bits per heavy atom. The van der Waals surface area contributed by atoms with Gasteiger partial charge in [0.1, 0.15) is 0 Å². The molecule has 0 radical (unpaired) electrons. The van der Waals surface area contributed by atoms with Crippen molar-refractivity contribution in [3.05, 3.63) is 54.9 Å². The van der Waals surface area contributed by atoms with Gasteiger partial charge in [-0.3, -0.25) is 15.8 Å². The number of benzene rings is 1. The van der Waals surface area contributed by atoms with Gasteiger partial charge in [-0.2, -0.15) is 4.98 Å². The van der Waals surface area contributed by atoms with Crippen LogP contribution in [0.15, 0.2) is 59.2 Å². The largest absolute Gasteiger partial charge is 0.454 e. The van der Waals surface area contributed by atoms with Crippen molar-refractivity contribution in [1.29, 1.82) is 0 Å². The average molecular weight is 398 g/mol. The van der Waals surface area contributed by atoms with Crippen LogP contribution < -0.4 is 16.2 Å². The number of hydrogen-bond donors (Lipinski definition) is 4. The van der Waals surface area contributed by atoms with Crippen molar-refractivity contribution in [1.82, 2.24) is 15.0 Å². The van der Waals surface area contributed by atoms with E-state index in [4.69, 9.17) is 4.55 Å². The van der Waals surface area contributed by atoms with Crippen molar-refractivity contribution in [3.8, 4) is 11.3 Å². The monoisotopic (exact) mass is 398 g/mol. The lowest BCUT2D eigenvalue weighted by Gasteiger charge is -2.14. The number of nitrogens with zero attached hydrogens (tertiary/aromatic N) is 4. The molecule has 3 rings (SSSR count). The lowest BCUT2D eigenvalue weighted by molar-refractivity contribution is 0.529. The maximum absolute atomic E-state index is 10.7. The Morgan fingerprint density at radius 1 is 1.11 bits per heavy atom. The van der Waals surface area contributed by atoms with Crippen molar-refractivity contribution in [2.24, 2.45) is 4.36 Å². The quantitative estimate of drug-likeness (QED) is 0.267. The molecular formula is C18H20N7O2S-. The molecule has 0 saturated carbocycles. The Kier molecular flexibility index (Phi) is 6.35. The van der Waals surface area contributed by atoms with Gasteiger partial charge in [0.25, 0.3) is 0 Å². The van der Waals surface area contributed by atoms with Gasteiger partial charge in [0, 0.05) is 35.8 Å². The van der Waals surface area contributed by atoms with E-state index in [-0.39, 0.29) is 6.04 Å². The van der Waals surface area contributed by atoms with Gasteiger partial charge < -0.3 is 18.4 Å². The Labute approximate surface area is 164 Å². The molecule has 0 aliphatic carbocycles. The first-order valence-corrected chi connectivity index (χ1v) is 9.57. The van der Waals surface area contributed by atoms with Crippen LogP contribution in [0.2, 0.25) is 0 Å². The number of rotatable bonds is 7. The molecule has 2 aromatic heterocycles. The summed E-state index contributed by atoms with van der Waals surface area (Å²) >= 11 is 0. The first-order chi connectivity index (χ1) is 13.5. The lowest BCUT2D eigenvalue weighted by atomic mass is 10.2. The standard InChI is InChI=1S/C18H20N7O2S/c1-12(2)20-18-21-16(13-4-3-9-19-11-13)10-17(22-18)24-23-14-5-7-15(8-6-14)25-28(26)27/h3-12,23H,1-2H3,(H,25,26,27)(H2,20,21,22,24)/q-1. The van der Waals surface area contributed by atoms with Gasteiger partial charge >= 0.3 is 0 Å². The summed E-state index contributed by atoms with van der Waals surface area (Å²) in [5.74, 6) is 1.07. The minimum absolute atomic E-state index is 0.179. The maximum atomic E-state index is 10.7. The maximum Gasteiger partial charge on any atom is 0.225 e. The zero-order valence-corrected chi connectivity index (χ0v) is 16.1. The van der Waals surface area contributed by atoms with E-state index in [0.717, 1.165) is 16.9 Å². The lowest BCUT2D eigenvalue weighted by Crippen LogP contribution is -2.15. The van der Waals surface area contributed by atoms with Crippen LogP contribution in [0.1, 0.15) is 13.8 Å². The third kappa shape index (κ3) is 5.63. The van der Waals surface area contributed by atoms with Crippen LogP contribution >= 0.6 is 0 Å². The fourth-order valence-corrected chi connectivity index (χ4v) is 2.63. The summed E-state index contributed by atoms with van der Waals surface area (Å²) in [6.45, 7) is 4.02. The molecule has 10 heteroatoms. The van der Waals surface area contributed by atoms with Crippen molar-refractivity contribution in [2.75, 3.05) is 16.2 Å². The van der Waals surface area contributed by atoms with Crippen LogP contribution in [-0.4, -0.2) is 25.5 Å². The van der Waals surface area contributed by atoms with Crippen molar-refractivity contribution >= 4 is 34.0 Å². The molecule has 0 fully saturated rings. The molecule has 4 N–H and O–H groups in total. The van der Waals surface area contributed by atoms with Gasteiger partial charge in [-0.05, 0) is 50.2 Å². The summed E-state index contributed by atoms with van der Waals surface area (Å²) in [4.78, 5) is 13.1. The normalized spacial score (nSPS) is 12.0. The number of nitrogens with one attached hydrogen (secondary N) is 3. The smallest absolute Gasteiger partial charge is 0.225 e. The van der Waals surface area contributed by atoms with E-state index in [1.807, 2.05) is 32.0 Å². The number of aromatic nitrogens is 3. The van der Waals surface area contributed by atoms with E-state index >= 15 is 0 Å². The molecule has 1 aromatic carbocycles. The first-order valence-electron chi connectivity index (χ1n) is 8.50. The number of pyridine rings is 1. The summed E-state index contributed by atoms with van der Waals surface area (Å²) < 4.78 is 23.0. The second-order valence-corrected chi connectivity index (χ2v) is 6.77. The second kappa shape index (κ2) is 9.11. The molecule has 0 spiro atoms. The second-order valence-electron chi connectivity index (χ2n) is 6.12. The average Bonchev–Trinajstić information content (AvgIpc) is 2.67. The number of hydrogen-bond acceptors (Lipinski definition) is 9. The predicted molar refractivity (Wildman–Crippen MR) is 110 cm³/mol. The number of hydrazine groups is 1. The molecule has 9 nitrogen and oxygen atoms in total. The van der Waals surface area contributed by atoms with Gasteiger partial charge in [0.2, 0.25) is 5.95 Å². The third-order valence-corrected chi connectivity index (χ3v) is 3.85. The van der Waals surface area contributed by atoms with Gasteiger partial charge in [-0.1, -0.05) is 10.9 Å². The van der Waals surface area contributed by atoms with Crippen LogP contribution in [-0.2, 0) is 15.1 Å². The van der Waals surface area contributed by atoms with E-state index in [9.17, 15) is 4.21 Å². The summed E-state index contributed by atoms with van der Waals surface area (Å²) in [5, 5.41) is 3.20. The van der Waals surface area contributed by atoms with Crippen molar-refractivity contribution in [2.45, 2.75) is 19.9 Å². The molecule has 0 amide bonds. The highest BCUT2D eigenvalue weighted by Crippen LogP contribution is 2.22. The Morgan fingerprint density at radius 2 is 1.89 bits per heavy atom. The molecule has 0 unspecified atom stereocenters. The molecule has 0 bridgehead atoms. The summed E-state index contributed by atoms with van der Waals surface area (Å²) in [6, 6.07) is 12.5. The minimum Gasteiger partial charge on any atom is -0.454 e. The summed E-state index contributed by atoms with van der Waals surface area (Å²) in [7, 11) is -2.23. The van der Waals surface area contributed by atoms with Crippen molar-refractivity contribution in [3.63, 3.8) is 0 Å². The molecule has 2 heterocycles. The molecule has 146 valence electrons. The van der Waals surface area contributed by atoms with E-state index in [1.165, 1.54) is 0 Å². The predicted octanol–water partition coefficient (Wildman–Crippen LogP) is 4.05. The highest BCUT2D eigenvalue weighted by atomic mass is 32.2. The third-order valence-electron chi connectivity index (χ3n) is 3.49. The molecular weight excluding hydrogens is 378 g/mol. The molecule has 0 aliphatic heterocycles. The SMILES string of the molecule is CC(C)Nc1nc(NNc2ccc(N=[S-](=O)O)cc2)cc(-c2cccnc2)n1. The van der Waals surface area contributed by atoms with Crippen molar-refractivity contribution < 1.29 is 8.76 Å². The van der Waals surface area contributed by atoms with Gasteiger partial charge in [0.15, 0.2) is 5.82 Å². The van der Waals surface area contributed by atoms with E-state index < -0.39 is 10.9 Å². The molecule has 0 saturated heterocycles. The zero-order chi connectivity index (χ0) is 19.9. The van der Waals surface area contributed by atoms with E-state index in [0.29, 0.717) is 17.5 Å².